The Labute approximate surface area is 105 Å². The van der Waals surface area contributed by atoms with E-state index < -0.39 is 0 Å². The van der Waals surface area contributed by atoms with Crippen LogP contribution in [0.3, 0.4) is 0 Å². The third kappa shape index (κ3) is 5.04. The van der Waals surface area contributed by atoms with Crippen LogP contribution in [0, 0.1) is 0 Å². The Bertz CT molecular complexity index is 215. The number of ether oxygens (including phenoxy) is 1. The summed E-state index contributed by atoms with van der Waals surface area (Å²) in [6.45, 7) is 7.94. The Kier molecular flexibility index (Phi) is 7.21. The molecule has 1 heterocycles. The van der Waals surface area contributed by atoms with Crippen molar-refractivity contribution in [3.63, 3.8) is 0 Å². The molecule has 17 heavy (non-hydrogen) atoms. The molecule has 0 saturated carbocycles. The molecule has 1 saturated heterocycles. The zero-order valence-corrected chi connectivity index (χ0v) is 11.2. The van der Waals surface area contributed by atoms with Gasteiger partial charge >= 0.3 is 0 Å². The van der Waals surface area contributed by atoms with Crippen molar-refractivity contribution in [3.8, 4) is 0 Å². The van der Waals surface area contributed by atoms with E-state index in [0.29, 0.717) is 13.2 Å². The second kappa shape index (κ2) is 8.48. The quantitative estimate of drug-likeness (QED) is 0.686. The molecule has 4 nitrogen and oxygen atoms in total. The average molecular weight is 242 g/mol. The van der Waals surface area contributed by atoms with Crippen LogP contribution in [0.2, 0.25) is 0 Å². The molecule has 0 bridgehead atoms. The van der Waals surface area contributed by atoms with E-state index in [4.69, 9.17) is 4.74 Å². The van der Waals surface area contributed by atoms with Crippen molar-refractivity contribution in [1.29, 1.82) is 0 Å². The van der Waals surface area contributed by atoms with Crippen LogP contribution in [0.1, 0.15) is 39.5 Å². The van der Waals surface area contributed by atoms with Crippen molar-refractivity contribution in [2.45, 2.75) is 45.6 Å². The third-order valence-electron chi connectivity index (χ3n) is 3.17. The number of rotatable bonds is 7. The molecule has 1 unspecified atom stereocenters. The van der Waals surface area contributed by atoms with Gasteiger partial charge in [-0.15, -0.1) is 0 Å². The number of carbonyl (C=O) groups is 1. The van der Waals surface area contributed by atoms with Crippen LogP contribution in [0.5, 0.6) is 0 Å². The van der Waals surface area contributed by atoms with Crippen LogP contribution in [0.4, 0.5) is 0 Å². The summed E-state index contributed by atoms with van der Waals surface area (Å²) in [5.74, 6) is 0.256. The number of hydrogen-bond donors (Lipinski definition) is 1. The number of unbranched alkanes of at least 4 members (excludes halogenated alkanes) is 2. The fraction of sp³-hybridized carbons (Fsp3) is 0.923. The second-order valence-corrected chi connectivity index (χ2v) is 4.54. The smallest absolute Gasteiger partial charge is 0.239 e. The molecular formula is C13H26N2O2. The van der Waals surface area contributed by atoms with Crippen molar-refractivity contribution in [2.75, 3.05) is 32.8 Å². The lowest BCUT2D eigenvalue weighted by Crippen LogP contribution is -2.50. The molecule has 0 aromatic carbocycles. The highest BCUT2D eigenvalue weighted by Gasteiger charge is 2.24. The molecule has 0 aromatic heterocycles. The van der Waals surface area contributed by atoms with Crippen molar-refractivity contribution in [3.05, 3.63) is 0 Å². The maximum Gasteiger partial charge on any atom is 0.239 e. The monoisotopic (exact) mass is 242 g/mol. The van der Waals surface area contributed by atoms with E-state index in [-0.39, 0.29) is 11.9 Å². The summed E-state index contributed by atoms with van der Waals surface area (Å²) in [5, 5.41) is 3.31. The Hall–Kier alpha value is -0.610. The molecule has 1 N–H and O–H groups in total. The molecule has 4 heteroatoms. The van der Waals surface area contributed by atoms with Crippen LogP contribution in [0.25, 0.3) is 0 Å². The summed E-state index contributed by atoms with van der Waals surface area (Å²) in [6, 6.07) is 0.00431. The van der Waals surface area contributed by atoms with Crippen LogP contribution >= 0.6 is 0 Å². The van der Waals surface area contributed by atoms with Crippen molar-refractivity contribution >= 4 is 5.91 Å². The van der Waals surface area contributed by atoms with Gasteiger partial charge < -0.3 is 15.0 Å². The van der Waals surface area contributed by atoms with Crippen molar-refractivity contribution in [2.24, 2.45) is 0 Å². The minimum Gasteiger partial charge on any atom is -0.378 e. The topological polar surface area (TPSA) is 41.6 Å². The van der Waals surface area contributed by atoms with Crippen LogP contribution < -0.4 is 5.32 Å². The van der Waals surface area contributed by atoms with Gasteiger partial charge in [0.25, 0.3) is 0 Å². The van der Waals surface area contributed by atoms with Gasteiger partial charge in [-0.25, -0.2) is 0 Å². The molecule has 1 atom stereocenters. The summed E-state index contributed by atoms with van der Waals surface area (Å²) in [7, 11) is 0. The van der Waals surface area contributed by atoms with E-state index in [0.717, 1.165) is 32.5 Å². The van der Waals surface area contributed by atoms with E-state index in [1.807, 2.05) is 4.90 Å². The highest BCUT2D eigenvalue weighted by Crippen LogP contribution is 2.08. The Morgan fingerprint density at radius 3 is 2.59 bits per heavy atom. The van der Waals surface area contributed by atoms with Crippen molar-refractivity contribution < 1.29 is 9.53 Å². The molecule has 1 rings (SSSR count). The van der Waals surface area contributed by atoms with E-state index in [1.165, 1.54) is 12.8 Å². The molecule has 100 valence electrons. The number of nitrogens with one attached hydrogen (secondary N) is 1. The molecule has 1 amide bonds. The summed E-state index contributed by atoms with van der Waals surface area (Å²) in [5.41, 5.74) is 0. The molecule has 0 aromatic rings. The van der Waals surface area contributed by atoms with E-state index in [2.05, 4.69) is 19.2 Å². The average Bonchev–Trinajstić information content (AvgIpc) is 2.38. The van der Waals surface area contributed by atoms with Crippen molar-refractivity contribution in [1.82, 2.24) is 10.2 Å². The summed E-state index contributed by atoms with van der Waals surface area (Å²) < 4.78 is 5.27. The summed E-state index contributed by atoms with van der Waals surface area (Å²) in [6.07, 6.45) is 4.49. The lowest BCUT2D eigenvalue weighted by atomic mass is 10.1. The molecule has 1 aliphatic rings. The van der Waals surface area contributed by atoms with Crippen LogP contribution in [-0.4, -0.2) is 49.7 Å². The van der Waals surface area contributed by atoms with Gasteiger partial charge in [0.05, 0.1) is 19.3 Å². The number of morpholine rings is 1. The number of nitrogens with zero attached hydrogens (tertiary/aromatic N) is 1. The maximum atomic E-state index is 12.3. The summed E-state index contributed by atoms with van der Waals surface area (Å²) in [4.78, 5) is 14.2. The first-order chi connectivity index (χ1) is 8.29. The number of amides is 1. The number of carbonyl (C=O) groups excluding carboxylic acids is 1. The number of likely N-dealkylation sites (N-methyl/N-ethyl adjacent to an activating group) is 1. The van der Waals surface area contributed by atoms with Gasteiger partial charge in [-0.2, -0.15) is 0 Å². The fourth-order valence-corrected chi connectivity index (χ4v) is 2.16. The van der Waals surface area contributed by atoms with Gasteiger partial charge in [-0.1, -0.05) is 33.1 Å². The van der Waals surface area contributed by atoms with Gasteiger partial charge in [-0.3, -0.25) is 4.79 Å². The number of hydrogen-bond acceptors (Lipinski definition) is 3. The van der Waals surface area contributed by atoms with Gasteiger partial charge in [0.2, 0.25) is 5.91 Å². The van der Waals surface area contributed by atoms with E-state index >= 15 is 0 Å². The maximum absolute atomic E-state index is 12.3. The first kappa shape index (κ1) is 14.5. The standard InChI is InChI=1S/C13H26N2O2/c1-3-5-6-7-12(14-4-2)13(16)15-8-10-17-11-9-15/h12,14H,3-11H2,1-2H3. The summed E-state index contributed by atoms with van der Waals surface area (Å²) >= 11 is 0. The predicted molar refractivity (Wildman–Crippen MR) is 69.0 cm³/mol. The van der Waals surface area contributed by atoms with Gasteiger partial charge in [0.1, 0.15) is 0 Å². The Morgan fingerprint density at radius 2 is 2.00 bits per heavy atom. The van der Waals surface area contributed by atoms with Gasteiger partial charge in [-0.05, 0) is 13.0 Å². The Balaban J connectivity index is 2.40. The minimum atomic E-state index is 0.00431. The molecule has 0 aliphatic carbocycles. The predicted octanol–water partition coefficient (Wildman–Crippen LogP) is 1.40. The van der Waals surface area contributed by atoms with Gasteiger partial charge in [0, 0.05) is 13.1 Å². The highest BCUT2D eigenvalue weighted by atomic mass is 16.5. The molecule has 1 fully saturated rings. The zero-order valence-electron chi connectivity index (χ0n) is 11.2. The Morgan fingerprint density at radius 1 is 1.29 bits per heavy atom. The minimum absolute atomic E-state index is 0.00431. The lowest BCUT2D eigenvalue weighted by Gasteiger charge is -2.30. The first-order valence-corrected chi connectivity index (χ1v) is 6.89. The molecule has 0 spiro atoms. The third-order valence-corrected chi connectivity index (χ3v) is 3.17. The van der Waals surface area contributed by atoms with Crippen LogP contribution in [-0.2, 0) is 9.53 Å². The first-order valence-electron chi connectivity index (χ1n) is 6.89. The highest BCUT2D eigenvalue weighted by molar-refractivity contribution is 5.82. The second-order valence-electron chi connectivity index (χ2n) is 4.54. The zero-order chi connectivity index (χ0) is 12.5. The normalized spacial score (nSPS) is 18.1. The van der Waals surface area contributed by atoms with Gasteiger partial charge in [0.15, 0.2) is 0 Å². The van der Waals surface area contributed by atoms with E-state index in [9.17, 15) is 4.79 Å². The SMILES string of the molecule is CCCCCC(NCC)C(=O)N1CCOCC1. The molecular weight excluding hydrogens is 216 g/mol. The van der Waals surface area contributed by atoms with E-state index in [1.54, 1.807) is 0 Å². The molecule has 0 radical (unpaired) electrons. The lowest BCUT2D eigenvalue weighted by molar-refractivity contribution is -0.137. The largest absolute Gasteiger partial charge is 0.378 e. The fourth-order valence-electron chi connectivity index (χ4n) is 2.16. The molecule has 1 aliphatic heterocycles. The van der Waals surface area contributed by atoms with Crippen LogP contribution in [0.15, 0.2) is 0 Å².